The molecule has 6 nitrogen and oxygen atoms in total. The van der Waals surface area contributed by atoms with Crippen molar-refractivity contribution in [2.75, 3.05) is 19.6 Å². The van der Waals surface area contributed by atoms with Crippen LogP contribution in [0.1, 0.15) is 41.4 Å². The molecule has 0 aliphatic carbocycles. The van der Waals surface area contributed by atoms with Crippen LogP contribution < -0.4 is 11.1 Å². The van der Waals surface area contributed by atoms with Gasteiger partial charge in [-0.3, -0.25) is 4.79 Å². The molecule has 1 saturated heterocycles. The van der Waals surface area contributed by atoms with E-state index in [0.29, 0.717) is 25.2 Å². The Morgan fingerprint density at radius 2 is 1.87 bits per heavy atom. The Kier molecular flexibility index (Phi) is 9.04. The summed E-state index contributed by atoms with van der Waals surface area (Å²) in [6.07, 6.45) is -0.143. The maximum atomic E-state index is 13.3. The molecule has 8 heteroatoms. The van der Waals surface area contributed by atoms with E-state index in [0.717, 1.165) is 23.6 Å². The van der Waals surface area contributed by atoms with E-state index in [-0.39, 0.29) is 42.0 Å². The number of nitrogens with one attached hydrogen (secondary N) is 1. The van der Waals surface area contributed by atoms with E-state index < -0.39 is 5.91 Å². The van der Waals surface area contributed by atoms with Crippen molar-refractivity contribution in [1.82, 2.24) is 10.2 Å². The number of benzene rings is 2. The third kappa shape index (κ3) is 6.40. The summed E-state index contributed by atoms with van der Waals surface area (Å²) in [5.74, 6) is 0.1000. The molecule has 0 aromatic heterocycles. The van der Waals surface area contributed by atoms with Gasteiger partial charge in [0.05, 0.1) is 19.2 Å². The summed E-state index contributed by atoms with van der Waals surface area (Å²) in [6, 6.07) is 13.6. The number of aliphatic imine (C=N–C) groups is 1. The Balaban J connectivity index is 0.00000320. The maximum Gasteiger partial charge on any atom is 0.248 e. The minimum atomic E-state index is -0.442. The van der Waals surface area contributed by atoms with Crippen molar-refractivity contribution in [1.29, 1.82) is 0 Å². The average molecular weight is 526 g/mol. The lowest BCUT2D eigenvalue weighted by Gasteiger charge is -2.38. The minimum absolute atomic E-state index is 0. The number of amides is 1. The van der Waals surface area contributed by atoms with Crippen molar-refractivity contribution in [2.45, 2.75) is 32.6 Å². The molecule has 0 saturated carbocycles. The molecule has 3 rings (SSSR count). The van der Waals surface area contributed by atoms with Crippen molar-refractivity contribution in [2.24, 2.45) is 10.7 Å². The standard InChI is InChI=1S/C22H27FN4O2.HI/c1-3-25-22(26-12-16-4-6-18(7-5-16)21(24)28)27-13-15(2)29-20(14-27)17-8-10-19(23)11-9-17;/h4-11,15,20H,3,12-14H2,1-2H3,(H2,24,28)(H,25,26);1H. The predicted octanol–water partition coefficient (Wildman–Crippen LogP) is 3.47. The molecule has 1 aliphatic rings. The normalized spacial score (nSPS) is 19.2. The fraction of sp³-hybridized carbons (Fsp3) is 0.364. The molecule has 1 fully saturated rings. The van der Waals surface area contributed by atoms with Gasteiger partial charge >= 0.3 is 0 Å². The van der Waals surface area contributed by atoms with E-state index in [2.05, 4.69) is 10.2 Å². The summed E-state index contributed by atoms with van der Waals surface area (Å²) in [5, 5.41) is 3.34. The molecule has 1 aliphatic heterocycles. The zero-order valence-electron chi connectivity index (χ0n) is 17.2. The van der Waals surface area contributed by atoms with Gasteiger partial charge in [0.25, 0.3) is 0 Å². The number of morpholine rings is 1. The summed E-state index contributed by atoms with van der Waals surface area (Å²) in [4.78, 5) is 18.1. The van der Waals surface area contributed by atoms with Crippen LogP contribution in [-0.4, -0.2) is 42.5 Å². The van der Waals surface area contributed by atoms with Gasteiger partial charge < -0.3 is 20.7 Å². The lowest BCUT2D eigenvalue weighted by atomic mass is 10.1. The average Bonchev–Trinajstić information content (AvgIpc) is 2.71. The number of halogens is 2. The molecule has 30 heavy (non-hydrogen) atoms. The first-order valence-corrected chi connectivity index (χ1v) is 9.79. The molecular formula is C22H28FIN4O2. The molecule has 0 spiro atoms. The highest BCUT2D eigenvalue weighted by molar-refractivity contribution is 14.0. The predicted molar refractivity (Wildman–Crippen MR) is 126 cm³/mol. The number of carbonyl (C=O) groups is 1. The molecule has 1 heterocycles. The molecule has 2 aromatic carbocycles. The Hall–Kier alpha value is -2.20. The lowest BCUT2D eigenvalue weighted by Crippen LogP contribution is -2.50. The smallest absolute Gasteiger partial charge is 0.248 e. The largest absolute Gasteiger partial charge is 0.367 e. The number of guanidine groups is 1. The third-order valence-corrected chi connectivity index (χ3v) is 4.79. The maximum absolute atomic E-state index is 13.3. The highest BCUT2D eigenvalue weighted by Crippen LogP contribution is 2.25. The topological polar surface area (TPSA) is 79.9 Å². The summed E-state index contributed by atoms with van der Waals surface area (Å²) >= 11 is 0. The van der Waals surface area contributed by atoms with Gasteiger partial charge in [0.15, 0.2) is 5.96 Å². The van der Waals surface area contributed by atoms with Gasteiger partial charge in [0.1, 0.15) is 11.9 Å². The van der Waals surface area contributed by atoms with Crippen LogP contribution in [0.25, 0.3) is 0 Å². The lowest BCUT2D eigenvalue weighted by molar-refractivity contribution is -0.0605. The number of nitrogens with two attached hydrogens (primary N) is 1. The first kappa shape index (κ1) is 24.1. The van der Waals surface area contributed by atoms with Gasteiger partial charge in [0, 0.05) is 18.7 Å². The number of hydrogen-bond donors (Lipinski definition) is 2. The van der Waals surface area contributed by atoms with Crippen LogP contribution in [-0.2, 0) is 11.3 Å². The van der Waals surface area contributed by atoms with Crippen LogP contribution >= 0.6 is 24.0 Å². The van der Waals surface area contributed by atoms with Crippen LogP contribution in [0.3, 0.4) is 0 Å². The van der Waals surface area contributed by atoms with Crippen LogP contribution in [0.15, 0.2) is 53.5 Å². The monoisotopic (exact) mass is 526 g/mol. The fourth-order valence-corrected chi connectivity index (χ4v) is 3.35. The Morgan fingerprint density at radius 1 is 1.20 bits per heavy atom. The van der Waals surface area contributed by atoms with Gasteiger partial charge in [-0.15, -0.1) is 24.0 Å². The third-order valence-electron chi connectivity index (χ3n) is 4.79. The van der Waals surface area contributed by atoms with Crippen molar-refractivity contribution in [3.63, 3.8) is 0 Å². The summed E-state index contributed by atoms with van der Waals surface area (Å²) < 4.78 is 19.3. The minimum Gasteiger partial charge on any atom is -0.367 e. The molecule has 2 aromatic rings. The van der Waals surface area contributed by atoms with Gasteiger partial charge in [-0.1, -0.05) is 24.3 Å². The zero-order chi connectivity index (χ0) is 20.8. The Bertz CT molecular complexity index is 858. The second-order valence-electron chi connectivity index (χ2n) is 7.12. The van der Waals surface area contributed by atoms with E-state index >= 15 is 0 Å². The van der Waals surface area contributed by atoms with E-state index in [4.69, 9.17) is 15.5 Å². The molecule has 2 unspecified atom stereocenters. The van der Waals surface area contributed by atoms with Crippen molar-refractivity contribution >= 4 is 35.8 Å². The SMILES string of the molecule is CCNC(=NCc1ccc(C(N)=O)cc1)N1CC(C)OC(c2ccc(F)cc2)C1.I. The van der Waals surface area contributed by atoms with Gasteiger partial charge in [-0.05, 0) is 49.2 Å². The molecule has 162 valence electrons. The number of nitrogens with zero attached hydrogens (tertiary/aromatic N) is 2. The highest BCUT2D eigenvalue weighted by atomic mass is 127. The Morgan fingerprint density at radius 3 is 2.47 bits per heavy atom. The van der Waals surface area contributed by atoms with Crippen molar-refractivity contribution in [3.8, 4) is 0 Å². The summed E-state index contributed by atoms with van der Waals surface area (Å²) in [7, 11) is 0. The number of primary amides is 1. The van der Waals surface area contributed by atoms with Gasteiger partial charge in [-0.2, -0.15) is 0 Å². The van der Waals surface area contributed by atoms with E-state index in [1.165, 1.54) is 12.1 Å². The van der Waals surface area contributed by atoms with Crippen molar-refractivity contribution in [3.05, 3.63) is 71.0 Å². The van der Waals surface area contributed by atoms with E-state index in [1.54, 1.807) is 24.3 Å². The van der Waals surface area contributed by atoms with Gasteiger partial charge in [-0.25, -0.2) is 9.38 Å². The molecular weight excluding hydrogens is 498 g/mol. The number of hydrogen-bond acceptors (Lipinski definition) is 3. The van der Waals surface area contributed by atoms with E-state index in [9.17, 15) is 9.18 Å². The summed E-state index contributed by atoms with van der Waals surface area (Å²) in [6.45, 7) is 6.61. The molecule has 3 N–H and O–H groups in total. The number of rotatable bonds is 5. The quantitative estimate of drug-likeness (QED) is 0.356. The van der Waals surface area contributed by atoms with Crippen LogP contribution in [0, 0.1) is 5.82 Å². The second kappa shape index (κ2) is 11.3. The second-order valence-corrected chi connectivity index (χ2v) is 7.12. The fourth-order valence-electron chi connectivity index (χ4n) is 3.35. The highest BCUT2D eigenvalue weighted by Gasteiger charge is 2.28. The molecule has 2 atom stereocenters. The van der Waals surface area contributed by atoms with Crippen molar-refractivity contribution < 1.29 is 13.9 Å². The Labute approximate surface area is 193 Å². The number of carbonyl (C=O) groups excluding carboxylic acids is 1. The van der Waals surface area contributed by atoms with Gasteiger partial charge in [0.2, 0.25) is 5.91 Å². The summed E-state index contributed by atoms with van der Waals surface area (Å²) in [5.41, 5.74) is 7.70. The first-order valence-electron chi connectivity index (χ1n) is 9.79. The van der Waals surface area contributed by atoms with Crippen LogP contribution in [0.5, 0.6) is 0 Å². The molecule has 0 radical (unpaired) electrons. The molecule has 1 amide bonds. The molecule has 0 bridgehead atoms. The van der Waals surface area contributed by atoms with E-state index in [1.807, 2.05) is 26.0 Å². The first-order chi connectivity index (χ1) is 14.0. The van der Waals surface area contributed by atoms with Crippen LogP contribution in [0.2, 0.25) is 0 Å². The zero-order valence-corrected chi connectivity index (χ0v) is 19.5. The number of ether oxygens (including phenoxy) is 1. The van der Waals surface area contributed by atoms with Crippen LogP contribution in [0.4, 0.5) is 4.39 Å².